The Balaban J connectivity index is 0. The van der Waals surface area contributed by atoms with Crippen molar-refractivity contribution in [3.05, 3.63) is 0 Å². The lowest BCUT2D eigenvalue weighted by atomic mass is 10.4. The minimum atomic E-state index is -1.26. The molecule has 2 nitrogen and oxygen atoms in total. The summed E-state index contributed by atoms with van der Waals surface area (Å²) in [6.07, 6.45) is 2.66. The van der Waals surface area contributed by atoms with Crippen LogP contribution >= 0.6 is 0 Å². The first kappa shape index (κ1) is 16.6. The van der Waals surface area contributed by atoms with Crippen molar-refractivity contribution in [1.82, 2.24) is 0 Å². The van der Waals surface area contributed by atoms with Crippen LogP contribution in [-0.2, 0) is 4.43 Å². The molecule has 0 aliphatic rings. The first-order valence-corrected chi connectivity index (χ1v) is 8.49. The fraction of sp³-hybridized carbons (Fsp3) is 1.00. The first-order chi connectivity index (χ1) is 6.74. The molecule has 0 aromatic rings. The molecule has 0 saturated heterocycles. The molecule has 0 amide bonds. The molecule has 2 N–H and O–H groups in total. The predicted octanol–water partition coefficient (Wildman–Crippen LogP) is 3.38. The van der Waals surface area contributed by atoms with Crippen LogP contribution in [0.25, 0.3) is 0 Å². The van der Waals surface area contributed by atoms with E-state index in [1.807, 2.05) is 0 Å². The number of nitrogens with two attached hydrogens (primary N) is 1. The van der Waals surface area contributed by atoms with Crippen LogP contribution in [0.4, 0.5) is 0 Å². The Kier molecular flexibility index (Phi) is 13.3. The van der Waals surface area contributed by atoms with E-state index < -0.39 is 8.32 Å². The molecule has 0 fully saturated rings. The van der Waals surface area contributed by atoms with Gasteiger partial charge in [-0.3, -0.25) is 0 Å². The average molecular weight is 219 g/mol. The van der Waals surface area contributed by atoms with Gasteiger partial charge in [0.25, 0.3) is 0 Å². The molecule has 0 atom stereocenters. The van der Waals surface area contributed by atoms with Gasteiger partial charge in [-0.2, -0.15) is 0 Å². The highest BCUT2D eigenvalue weighted by atomic mass is 28.4. The van der Waals surface area contributed by atoms with E-state index in [0.29, 0.717) is 0 Å². The largest absolute Gasteiger partial charge is 0.417 e. The summed E-state index contributed by atoms with van der Waals surface area (Å²) in [6.45, 7) is 9.88. The van der Waals surface area contributed by atoms with Gasteiger partial charge >= 0.3 is 0 Å². The predicted molar refractivity (Wildman–Crippen MR) is 68.2 cm³/mol. The van der Waals surface area contributed by atoms with E-state index in [1.165, 1.54) is 38.0 Å². The Bertz CT molecular complexity index is 105. The van der Waals surface area contributed by atoms with Crippen molar-refractivity contribution in [1.29, 1.82) is 0 Å². The minimum absolute atomic E-state index is 0.914. The highest BCUT2D eigenvalue weighted by Crippen LogP contribution is 2.24. The van der Waals surface area contributed by atoms with E-state index in [1.54, 1.807) is 0 Å². The Morgan fingerprint density at radius 3 is 1.79 bits per heavy atom. The van der Waals surface area contributed by atoms with Crippen LogP contribution < -0.4 is 5.73 Å². The second-order valence-electron chi connectivity index (χ2n) is 3.43. The smallest absolute Gasteiger partial charge is 0.192 e. The lowest BCUT2D eigenvalue weighted by Crippen LogP contribution is -2.36. The zero-order chi connectivity index (χ0) is 11.4. The van der Waals surface area contributed by atoms with Crippen molar-refractivity contribution >= 4 is 8.32 Å². The zero-order valence-corrected chi connectivity index (χ0v) is 11.7. The van der Waals surface area contributed by atoms with Gasteiger partial charge in [0.1, 0.15) is 0 Å². The quantitative estimate of drug-likeness (QED) is 0.666. The van der Waals surface area contributed by atoms with Gasteiger partial charge in [0.05, 0.1) is 0 Å². The number of hydrogen-bond acceptors (Lipinski definition) is 2. The monoisotopic (exact) mass is 219 g/mol. The van der Waals surface area contributed by atoms with E-state index in [0.717, 1.165) is 6.61 Å². The van der Waals surface area contributed by atoms with Crippen LogP contribution in [-0.4, -0.2) is 22.0 Å². The molecule has 0 aliphatic carbocycles. The van der Waals surface area contributed by atoms with E-state index in [-0.39, 0.29) is 0 Å². The van der Waals surface area contributed by atoms with Crippen LogP contribution in [0.2, 0.25) is 18.1 Å². The third kappa shape index (κ3) is 6.57. The second-order valence-corrected chi connectivity index (χ2v) is 8.00. The Hall–Kier alpha value is 0.137. The highest BCUT2D eigenvalue weighted by Gasteiger charge is 2.29. The molecule has 3 heteroatoms. The summed E-state index contributed by atoms with van der Waals surface area (Å²) in [5.74, 6) is 0. The Labute approximate surface area is 91.4 Å². The fourth-order valence-corrected chi connectivity index (χ4v) is 5.05. The third-order valence-electron chi connectivity index (χ3n) is 2.73. The van der Waals surface area contributed by atoms with Crippen molar-refractivity contribution in [2.24, 2.45) is 5.73 Å². The molecule has 0 aliphatic heterocycles. The average Bonchev–Trinajstić information content (AvgIpc) is 2.27. The van der Waals surface area contributed by atoms with Gasteiger partial charge in [-0.15, -0.1) is 0 Å². The van der Waals surface area contributed by atoms with Gasteiger partial charge in [-0.05, 0) is 32.1 Å². The van der Waals surface area contributed by atoms with Crippen LogP contribution in [0.1, 0.15) is 40.5 Å². The number of rotatable bonds is 7. The fourth-order valence-electron chi connectivity index (χ4n) is 1.68. The summed E-state index contributed by atoms with van der Waals surface area (Å²) < 4.78 is 5.97. The van der Waals surface area contributed by atoms with E-state index >= 15 is 0 Å². The van der Waals surface area contributed by atoms with Gasteiger partial charge in [0.2, 0.25) is 0 Å². The molecule has 0 radical (unpaired) electrons. The standard InChI is InChI=1S/C10H24OSi.CH5N/c1-5-9-10-12(7-3,8-4)11-6-2;1-2/h5-10H2,1-4H3;2H2,1H3. The second kappa shape index (κ2) is 11.2. The molecule has 0 aromatic heterocycles. The lowest BCUT2D eigenvalue weighted by molar-refractivity contribution is 0.319. The zero-order valence-electron chi connectivity index (χ0n) is 10.7. The topological polar surface area (TPSA) is 35.2 Å². The van der Waals surface area contributed by atoms with Crippen LogP contribution in [0.15, 0.2) is 0 Å². The van der Waals surface area contributed by atoms with Crippen molar-refractivity contribution in [3.63, 3.8) is 0 Å². The maximum absolute atomic E-state index is 5.97. The maximum Gasteiger partial charge on any atom is 0.192 e. The van der Waals surface area contributed by atoms with Crippen molar-refractivity contribution < 1.29 is 4.43 Å². The normalized spacial score (nSPS) is 10.7. The van der Waals surface area contributed by atoms with Crippen molar-refractivity contribution in [2.45, 2.75) is 58.7 Å². The maximum atomic E-state index is 5.97. The molecule has 0 aromatic carbocycles. The van der Waals surface area contributed by atoms with E-state index in [9.17, 15) is 0 Å². The molecule has 0 heterocycles. The summed E-state index contributed by atoms with van der Waals surface area (Å²) in [7, 11) is 0.236. The number of hydrogen-bond donors (Lipinski definition) is 1. The number of unbranched alkanes of at least 4 members (excludes halogenated alkanes) is 1. The minimum Gasteiger partial charge on any atom is -0.417 e. The molecule has 88 valence electrons. The lowest BCUT2D eigenvalue weighted by Gasteiger charge is -2.28. The molecule has 0 rings (SSSR count). The Morgan fingerprint density at radius 1 is 1.00 bits per heavy atom. The van der Waals surface area contributed by atoms with Gasteiger partial charge in [0.15, 0.2) is 8.32 Å². The summed E-state index contributed by atoms with van der Waals surface area (Å²) >= 11 is 0. The van der Waals surface area contributed by atoms with Gasteiger partial charge in [-0.1, -0.05) is 33.6 Å². The molecular weight excluding hydrogens is 190 g/mol. The third-order valence-corrected chi connectivity index (χ3v) is 7.47. The summed E-state index contributed by atoms with van der Waals surface area (Å²) in [5, 5.41) is 0. The first-order valence-electron chi connectivity index (χ1n) is 5.96. The van der Waals surface area contributed by atoms with Crippen LogP contribution in [0.3, 0.4) is 0 Å². The highest BCUT2D eigenvalue weighted by molar-refractivity contribution is 6.73. The van der Waals surface area contributed by atoms with Gasteiger partial charge in [-0.25, -0.2) is 0 Å². The molecule has 0 saturated carbocycles. The van der Waals surface area contributed by atoms with Crippen LogP contribution in [0.5, 0.6) is 0 Å². The molecule has 0 unspecified atom stereocenters. The SMILES string of the molecule is CCCC[Si](CC)(CC)OCC.CN. The molecule has 0 spiro atoms. The van der Waals surface area contributed by atoms with Gasteiger partial charge in [0, 0.05) is 6.61 Å². The summed E-state index contributed by atoms with van der Waals surface area (Å²) in [4.78, 5) is 0. The van der Waals surface area contributed by atoms with Crippen molar-refractivity contribution in [2.75, 3.05) is 13.7 Å². The van der Waals surface area contributed by atoms with Crippen LogP contribution in [0, 0.1) is 0 Å². The van der Waals surface area contributed by atoms with E-state index in [4.69, 9.17) is 4.43 Å². The summed E-state index contributed by atoms with van der Waals surface area (Å²) in [5.41, 5.74) is 4.50. The van der Waals surface area contributed by atoms with E-state index in [2.05, 4.69) is 33.4 Å². The van der Waals surface area contributed by atoms with Crippen molar-refractivity contribution in [3.8, 4) is 0 Å². The molecule has 0 bridgehead atoms. The summed E-state index contributed by atoms with van der Waals surface area (Å²) in [6, 6.07) is 3.94. The van der Waals surface area contributed by atoms with Gasteiger partial charge < -0.3 is 10.2 Å². The molecular formula is C11H29NOSi. The Morgan fingerprint density at radius 2 is 1.50 bits per heavy atom. The molecule has 14 heavy (non-hydrogen) atoms.